The second-order valence-corrected chi connectivity index (χ2v) is 8.68. The molecule has 0 saturated carbocycles. The average molecular weight is 449 g/mol. The van der Waals surface area contributed by atoms with Gasteiger partial charge in [-0.25, -0.2) is 4.39 Å². The fourth-order valence-corrected chi connectivity index (χ4v) is 4.86. The van der Waals surface area contributed by atoms with E-state index in [9.17, 15) is 14.0 Å². The molecule has 4 nitrogen and oxygen atoms in total. The Morgan fingerprint density at radius 2 is 1.81 bits per heavy atom. The molecule has 4 rings (SSSR count). The minimum atomic E-state index is -0.316. The number of fused-ring (bicyclic) bond motifs is 1. The molecule has 32 heavy (non-hydrogen) atoms. The summed E-state index contributed by atoms with van der Waals surface area (Å²) in [6, 6.07) is 21.6. The molecule has 0 aliphatic carbocycles. The van der Waals surface area contributed by atoms with Gasteiger partial charge in [0, 0.05) is 30.2 Å². The van der Waals surface area contributed by atoms with E-state index in [1.54, 1.807) is 17.0 Å². The zero-order valence-corrected chi connectivity index (χ0v) is 18.8. The summed E-state index contributed by atoms with van der Waals surface area (Å²) >= 11 is 1.38. The van der Waals surface area contributed by atoms with E-state index in [-0.39, 0.29) is 23.4 Å². The van der Waals surface area contributed by atoms with Gasteiger partial charge in [0.15, 0.2) is 0 Å². The van der Waals surface area contributed by atoms with E-state index >= 15 is 0 Å². The van der Waals surface area contributed by atoms with E-state index in [1.807, 2.05) is 54.3 Å². The zero-order chi connectivity index (χ0) is 22.5. The molecule has 0 radical (unpaired) electrons. The molecule has 1 aliphatic rings. The van der Waals surface area contributed by atoms with Crippen LogP contribution in [-0.2, 0) is 17.8 Å². The Morgan fingerprint density at radius 1 is 1.03 bits per heavy atom. The van der Waals surface area contributed by atoms with E-state index in [2.05, 4.69) is 6.07 Å². The molecular formula is C26H25FN2O2S. The fraction of sp³-hybridized carbons (Fsp3) is 0.231. The van der Waals surface area contributed by atoms with Crippen molar-refractivity contribution in [1.82, 2.24) is 4.90 Å². The topological polar surface area (TPSA) is 40.6 Å². The van der Waals surface area contributed by atoms with Crippen LogP contribution < -0.4 is 4.90 Å². The fourth-order valence-electron chi connectivity index (χ4n) is 3.94. The number of hydrogen-bond acceptors (Lipinski definition) is 3. The minimum absolute atomic E-state index is 0.0364. The number of nitrogens with zero attached hydrogens (tertiary/aromatic N) is 2. The summed E-state index contributed by atoms with van der Waals surface area (Å²) in [4.78, 5) is 30.5. The van der Waals surface area contributed by atoms with Gasteiger partial charge >= 0.3 is 0 Å². The number of benzene rings is 3. The highest BCUT2D eigenvalue weighted by Crippen LogP contribution is 2.30. The lowest BCUT2D eigenvalue weighted by Crippen LogP contribution is -2.31. The molecule has 0 bridgehead atoms. The zero-order valence-electron chi connectivity index (χ0n) is 18.0. The normalized spacial score (nSPS) is 12.5. The minimum Gasteiger partial charge on any atom is -0.335 e. The molecule has 0 atom stereocenters. The molecule has 3 aromatic carbocycles. The number of carbonyl (C=O) groups excluding carboxylic acids is 2. The molecule has 1 heterocycles. The largest absolute Gasteiger partial charge is 0.335 e. The lowest BCUT2D eigenvalue weighted by molar-refractivity contribution is -0.116. The standard InChI is InChI=1S/C26H25FN2O2S/c1-2-28(17-19-8-7-10-21(27)16-19)26(31)22-11-4-6-13-24(22)32-18-25(30)29-15-14-20-9-3-5-12-23(20)29/h3-13,16H,2,14-15,17-18H2,1H3. The Labute approximate surface area is 192 Å². The van der Waals surface area contributed by atoms with E-state index in [4.69, 9.17) is 0 Å². The lowest BCUT2D eigenvalue weighted by atomic mass is 10.1. The maximum Gasteiger partial charge on any atom is 0.255 e. The number of carbonyl (C=O) groups is 2. The van der Waals surface area contributed by atoms with Gasteiger partial charge in [-0.2, -0.15) is 0 Å². The number of hydrogen-bond donors (Lipinski definition) is 0. The molecule has 0 N–H and O–H groups in total. The van der Waals surface area contributed by atoms with Crippen molar-refractivity contribution >= 4 is 29.3 Å². The quantitative estimate of drug-likeness (QED) is 0.468. The first-order valence-electron chi connectivity index (χ1n) is 10.7. The molecule has 0 spiro atoms. The molecule has 3 aromatic rings. The van der Waals surface area contributed by atoms with Crippen molar-refractivity contribution < 1.29 is 14.0 Å². The number of halogens is 1. The maximum atomic E-state index is 13.6. The first kappa shape index (κ1) is 22.1. The highest BCUT2D eigenvalue weighted by Gasteiger charge is 2.25. The van der Waals surface area contributed by atoms with Gasteiger partial charge in [0.1, 0.15) is 5.82 Å². The molecule has 0 fully saturated rings. The Bertz CT molecular complexity index is 1130. The van der Waals surface area contributed by atoms with Gasteiger partial charge in [0.05, 0.1) is 11.3 Å². The number of anilines is 1. The summed E-state index contributed by atoms with van der Waals surface area (Å²) in [5.74, 6) is -0.147. The number of amides is 2. The van der Waals surface area contributed by atoms with Crippen LogP contribution in [0.25, 0.3) is 0 Å². The Hall–Kier alpha value is -3.12. The van der Waals surface area contributed by atoms with E-state index in [1.165, 1.54) is 29.5 Å². The van der Waals surface area contributed by atoms with Crippen LogP contribution in [0.3, 0.4) is 0 Å². The predicted octanol–water partition coefficient (Wildman–Crippen LogP) is 5.17. The van der Waals surface area contributed by atoms with Crippen molar-refractivity contribution in [3.05, 3.63) is 95.3 Å². The van der Waals surface area contributed by atoms with Crippen LogP contribution >= 0.6 is 11.8 Å². The molecule has 0 saturated heterocycles. The third-order valence-corrected chi connectivity index (χ3v) is 6.65. The summed E-state index contributed by atoms with van der Waals surface area (Å²) < 4.78 is 13.6. The Morgan fingerprint density at radius 3 is 2.62 bits per heavy atom. The molecule has 6 heteroatoms. The van der Waals surface area contributed by atoms with Crippen molar-refractivity contribution in [2.75, 3.05) is 23.7 Å². The van der Waals surface area contributed by atoms with Crippen molar-refractivity contribution in [2.45, 2.75) is 24.8 Å². The summed E-state index contributed by atoms with van der Waals surface area (Å²) in [6.45, 7) is 3.42. The van der Waals surface area contributed by atoms with Crippen molar-refractivity contribution in [1.29, 1.82) is 0 Å². The van der Waals surface area contributed by atoms with Gasteiger partial charge in [0.25, 0.3) is 5.91 Å². The molecule has 2 amide bonds. The summed E-state index contributed by atoms with van der Waals surface area (Å²) in [6.07, 6.45) is 0.868. The second kappa shape index (κ2) is 10.0. The highest BCUT2D eigenvalue weighted by molar-refractivity contribution is 8.00. The van der Waals surface area contributed by atoms with Gasteiger partial charge in [0.2, 0.25) is 5.91 Å². The summed E-state index contributed by atoms with van der Waals surface area (Å²) in [5.41, 5.74) is 3.48. The first-order valence-corrected chi connectivity index (χ1v) is 11.7. The highest BCUT2D eigenvalue weighted by atomic mass is 32.2. The summed E-state index contributed by atoms with van der Waals surface area (Å²) in [5, 5.41) is 0. The van der Waals surface area contributed by atoms with Gasteiger partial charge in [-0.3, -0.25) is 9.59 Å². The van der Waals surface area contributed by atoms with Crippen LogP contribution in [0, 0.1) is 5.82 Å². The third kappa shape index (κ3) is 4.86. The Kier molecular flexibility index (Phi) is 6.90. The van der Waals surface area contributed by atoms with Crippen LogP contribution in [0.15, 0.2) is 77.7 Å². The van der Waals surface area contributed by atoms with E-state index < -0.39 is 0 Å². The van der Waals surface area contributed by atoms with Gasteiger partial charge < -0.3 is 9.80 Å². The number of para-hydroxylation sites is 1. The third-order valence-electron chi connectivity index (χ3n) is 5.59. The van der Waals surface area contributed by atoms with Crippen LogP contribution in [-0.4, -0.2) is 35.6 Å². The number of rotatable bonds is 7. The second-order valence-electron chi connectivity index (χ2n) is 7.66. The predicted molar refractivity (Wildman–Crippen MR) is 126 cm³/mol. The average Bonchev–Trinajstić information content (AvgIpc) is 3.25. The Balaban J connectivity index is 1.46. The van der Waals surface area contributed by atoms with Crippen molar-refractivity contribution in [3.8, 4) is 0 Å². The van der Waals surface area contributed by atoms with Crippen molar-refractivity contribution in [3.63, 3.8) is 0 Å². The summed E-state index contributed by atoms with van der Waals surface area (Å²) in [7, 11) is 0. The SMILES string of the molecule is CCN(Cc1cccc(F)c1)C(=O)c1ccccc1SCC(=O)N1CCc2ccccc21. The maximum absolute atomic E-state index is 13.6. The molecule has 1 aliphatic heterocycles. The van der Waals surface area contributed by atoms with E-state index in [0.717, 1.165) is 22.6 Å². The molecule has 164 valence electrons. The van der Waals surface area contributed by atoms with Crippen molar-refractivity contribution in [2.24, 2.45) is 0 Å². The molecule has 0 aromatic heterocycles. The van der Waals surface area contributed by atoms with E-state index in [0.29, 0.717) is 25.2 Å². The van der Waals surface area contributed by atoms with Crippen LogP contribution in [0.1, 0.15) is 28.4 Å². The molecule has 0 unspecified atom stereocenters. The van der Waals surface area contributed by atoms with Crippen LogP contribution in [0.4, 0.5) is 10.1 Å². The lowest BCUT2D eigenvalue weighted by Gasteiger charge is -2.23. The number of thioether (sulfide) groups is 1. The van der Waals surface area contributed by atoms with Gasteiger partial charge in [-0.15, -0.1) is 11.8 Å². The monoisotopic (exact) mass is 448 g/mol. The van der Waals surface area contributed by atoms with Gasteiger partial charge in [-0.05, 0) is 54.8 Å². The smallest absolute Gasteiger partial charge is 0.255 e. The molecular weight excluding hydrogens is 423 g/mol. The first-order chi connectivity index (χ1) is 15.6. The van der Waals surface area contributed by atoms with Crippen LogP contribution in [0.5, 0.6) is 0 Å². The van der Waals surface area contributed by atoms with Crippen LogP contribution in [0.2, 0.25) is 0 Å². The van der Waals surface area contributed by atoms with Gasteiger partial charge in [-0.1, -0.05) is 42.5 Å².